The van der Waals surface area contributed by atoms with E-state index < -0.39 is 19.8 Å². The molecular formula is C21H21Sn+. The van der Waals surface area contributed by atoms with Crippen LogP contribution in [-0.4, -0.2) is 19.8 Å². The van der Waals surface area contributed by atoms with E-state index in [0.717, 1.165) is 0 Å². The summed E-state index contributed by atoms with van der Waals surface area (Å²) < 4.78 is 3.98. The van der Waals surface area contributed by atoms with Crippen LogP contribution in [0.25, 0.3) is 0 Å². The summed E-state index contributed by atoms with van der Waals surface area (Å²) in [6.07, 6.45) is 0. The van der Waals surface area contributed by atoms with Crippen molar-refractivity contribution >= 4 is 19.8 Å². The molecule has 0 aliphatic rings. The van der Waals surface area contributed by atoms with E-state index in [9.17, 15) is 0 Å². The van der Waals surface area contributed by atoms with Crippen molar-refractivity contribution < 1.29 is 0 Å². The predicted octanol–water partition coefficient (Wildman–Crippen LogP) is 4.83. The van der Waals surface area contributed by atoms with E-state index in [4.69, 9.17) is 0 Å². The van der Waals surface area contributed by atoms with Gasteiger partial charge in [-0.2, -0.15) is 0 Å². The average Bonchev–Trinajstić information content (AvgIpc) is 2.57. The first-order valence-corrected chi connectivity index (χ1v) is 13.9. The van der Waals surface area contributed by atoms with Crippen LogP contribution in [0.2, 0.25) is 0 Å². The maximum absolute atomic E-state index is 2.29. The van der Waals surface area contributed by atoms with Crippen molar-refractivity contribution in [2.75, 3.05) is 0 Å². The van der Waals surface area contributed by atoms with Crippen molar-refractivity contribution in [3.05, 3.63) is 108 Å². The Balaban J connectivity index is 1.75. The van der Waals surface area contributed by atoms with Crippen molar-refractivity contribution in [1.29, 1.82) is 0 Å². The molecule has 0 saturated carbocycles. The van der Waals surface area contributed by atoms with Crippen LogP contribution in [0.5, 0.6) is 0 Å². The summed E-state index contributed by atoms with van der Waals surface area (Å²) in [4.78, 5) is 0. The number of benzene rings is 3. The molecule has 108 valence electrons. The Labute approximate surface area is 140 Å². The van der Waals surface area contributed by atoms with Crippen LogP contribution in [0.3, 0.4) is 0 Å². The summed E-state index contributed by atoms with van der Waals surface area (Å²) in [5.74, 6) is 0. The normalized spacial score (nSPS) is 10.4. The third-order valence-electron chi connectivity index (χ3n) is 3.89. The van der Waals surface area contributed by atoms with Crippen LogP contribution in [0, 0.1) is 0 Å². The molecule has 3 aromatic rings. The summed E-state index contributed by atoms with van der Waals surface area (Å²) in [5, 5.41) is 0. The molecule has 1 heteroatoms. The van der Waals surface area contributed by atoms with Gasteiger partial charge in [0.1, 0.15) is 0 Å². The molecule has 0 nitrogen and oxygen atoms in total. The van der Waals surface area contributed by atoms with Gasteiger partial charge < -0.3 is 0 Å². The van der Waals surface area contributed by atoms with Crippen LogP contribution in [0.1, 0.15) is 16.7 Å². The summed E-state index contributed by atoms with van der Waals surface area (Å²) in [6, 6.07) is 33.1. The molecule has 22 heavy (non-hydrogen) atoms. The molecule has 0 heterocycles. The molecule has 3 rings (SSSR count). The Morgan fingerprint density at radius 3 is 0.955 bits per heavy atom. The van der Waals surface area contributed by atoms with Gasteiger partial charge in [0.15, 0.2) is 0 Å². The zero-order valence-electron chi connectivity index (χ0n) is 12.8. The second-order valence-corrected chi connectivity index (χ2v) is 13.0. The molecule has 3 aromatic carbocycles. The van der Waals surface area contributed by atoms with Gasteiger partial charge in [0, 0.05) is 0 Å². The number of hydrogen-bond acceptors (Lipinski definition) is 0. The molecule has 0 aliphatic heterocycles. The van der Waals surface area contributed by atoms with Gasteiger partial charge in [-0.3, -0.25) is 0 Å². The third-order valence-corrected chi connectivity index (χ3v) is 11.7. The van der Waals surface area contributed by atoms with E-state index in [-0.39, 0.29) is 0 Å². The molecule has 0 radical (unpaired) electrons. The Bertz CT molecular complexity index is 563. The minimum atomic E-state index is -1.56. The molecule has 0 amide bonds. The molecule has 0 N–H and O–H groups in total. The monoisotopic (exact) mass is 393 g/mol. The first-order chi connectivity index (χ1) is 10.9. The van der Waals surface area contributed by atoms with Crippen LogP contribution in [0.15, 0.2) is 91.0 Å². The quantitative estimate of drug-likeness (QED) is 0.528. The molecule has 0 saturated heterocycles. The van der Waals surface area contributed by atoms with E-state index in [2.05, 4.69) is 91.0 Å². The first kappa shape index (κ1) is 15.4. The topological polar surface area (TPSA) is 0 Å². The standard InChI is InChI=1S/3C7H7.Sn/c3*1-7-5-3-2-4-6-7;/h3*2-6H,1H2;/q;;;+1. The second-order valence-electron chi connectivity index (χ2n) is 5.74. The summed E-state index contributed by atoms with van der Waals surface area (Å²) in [6.45, 7) is 0. The fourth-order valence-corrected chi connectivity index (χ4v) is 10.9. The van der Waals surface area contributed by atoms with Gasteiger partial charge >= 0.3 is 141 Å². The maximum atomic E-state index is 2.29. The van der Waals surface area contributed by atoms with Gasteiger partial charge in [0.05, 0.1) is 0 Å². The van der Waals surface area contributed by atoms with Gasteiger partial charge in [0.2, 0.25) is 0 Å². The molecule has 0 atom stereocenters. The molecule has 0 aromatic heterocycles. The summed E-state index contributed by atoms with van der Waals surface area (Å²) >= 11 is -1.56. The third kappa shape index (κ3) is 4.74. The van der Waals surface area contributed by atoms with Crippen LogP contribution in [-0.2, 0) is 13.3 Å². The van der Waals surface area contributed by atoms with Crippen LogP contribution >= 0.6 is 0 Å². The van der Waals surface area contributed by atoms with Crippen molar-refractivity contribution in [2.45, 2.75) is 13.3 Å². The number of rotatable bonds is 6. The Morgan fingerprint density at radius 1 is 0.409 bits per heavy atom. The van der Waals surface area contributed by atoms with Crippen molar-refractivity contribution in [2.24, 2.45) is 0 Å². The fraction of sp³-hybridized carbons (Fsp3) is 0.143. The second kappa shape index (κ2) is 8.19. The predicted molar refractivity (Wildman–Crippen MR) is 96.2 cm³/mol. The fourth-order valence-electron chi connectivity index (χ4n) is 2.84. The van der Waals surface area contributed by atoms with Crippen molar-refractivity contribution in [1.82, 2.24) is 0 Å². The van der Waals surface area contributed by atoms with E-state index in [1.807, 2.05) is 0 Å². The molecule has 0 bridgehead atoms. The molecular weight excluding hydrogens is 371 g/mol. The SMILES string of the molecule is c1ccc([CH2][Sn+]([CH2]c2ccccc2)[CH2]c2ccccc2)cc1. The van der Waals surface area contributed by atoms with Gasteiger partial charge in [-0.15, -0.1) is 0 Å². The van der Waals surface area contributed by atoms with Gasteiger partial charge in [-0.25, -0.2) is 0 Å². The number of hydrogen-bond donors (Lipinski definition) is 0. The van der Waals surface area contributed by atoms with Gasteiger partial charge in [-0.05, 0) is 0 Å². The minimum absolute atomic E-state index is 1.33. The van der Waals surface area contributed by atoms with Crippen molar-refractivity contribution in [3.63, 3.8) is 0 Å². The molecule has 0 unspecified atom stereocenters. The van der Waals surface area contributed by atoms with Crippen LogP contribution in [0.4, 0.5) is 0 Å². The molecule has 0 fully saturated rings. The van der Waals surface area contributed by atoms with Crippen molar-refractivity contribution in [3.8, 4) is 0 Å². The average molecular weight is 392 g/mol. The van der Waals surface area contributed by atoms with E-state index in [1.165, 1.54) is 30.0 Å². The van der Waals surface area contributed by atoms with E-state index in [1.54, 1.807) is 0 Å². The zero-order chi connectivity index (χ0) is 15.0. The van der Waals surface area contributed by atoms with Crippen LogP contribution < -0.4 is 0 Å². The van der Waals surface area contributed by atoms with E-state index in [0.29, 0.717) is 0 Å². The van der Waals surface area contributed by atoms with E-state index >= 15 is 0 Å². The first-order valence-electron chi connectivity index (χ1n) is 7.85. The Kier molecular flexibility index (Phi) is 5.71. The molecule has 0 aliphatic carbocycles. The summed E-state index contributed by atoms with van der Waals surface area (Å²) in [7, 11) is 0. The Hall–Kier alpha value is -1.54. The van der Waals surface area contributed by atoms with Gasteiger partial charge in [0.25, 0.3) is 0 Å². The zero-order valence-corrected chi connectivity index (χ0v) is 15.6. The molecule has 0 spiro atoms. The summed E-state index contributed by atoms with van der Waals surface area (Å²) in [5.41, 5.74) is 4.55. The van der Waals surface area contributed by atoms with Gasteiger partial charge in [-0.1, -0.05) is 0 Å². The Morgan fingerprint density at radius 2 is 0.682 bits per heavy atom.